The fourth-order valence-corrected chi connectivity index (χ4v) is 2.43. The van der Waals surface area contributed by atoms with E-state index in [1.807, 2.05) is 54.2 Å². The number of amides is 1. The summed E-state index contributed by atoms with van der Waals surface area (Å²) in [6.07, 6.45) is 2.05. The smallest absolute Gasteiger partial charge is 0.270 e. The highest BCUT2D eigenvalue weighted by atomic mass is 16.3. The molecule has 0 aliphatic heterocycles. The normalized spacial score (nSPS) is 11.5. The van der Waals surface area contributed by atoms with Crippen LogP contribution in [0.15, 0.2) is 52.8 Å². The Morgan fingerprint density at radius 2 is 1.95 bits per heavy atom. The lowest BCUT2D eigenvalue weighted by Gasteiger charge is -1.98. The SMILES string of the molecule is Cn1cccc1CC(=O)N=Nc1c(O)n(C)c2ccccc12. The van der Waals surface area contributed by atoms with E-state index in [2.05, 4.69) is 10.2 Å². The molecule has 0 saturated heterocycles. The minimum absolute atomic E-state index is 0.00313. The molecule has 2 heterocycles. The van der Waals surface area contributed by atoms with Crippen molar-refractivity contribution in [3.63, 3.8) is 0 Å². The average molecular weight is 296 g/mol. The van der Waals surface area contributed by atoms with Crippen molar-refractivity contribution in [3.8, 4) is 5.88 Å². The van der Waals surface area contributed by atoms with Crippen molar-refractivity contribution in [2.24, 2.45) is 24.3 Å². The van der Waals surface area contributed by atoms with E-state index in [-0.39, 0.29) is 18.2 Å². The molecule has 1 aromatic carbocycles. The van der Waals surface area contributed by atoms with Crippen LogP contribution in [0.25, 0.3) is 10.9 Å². The van der Waals surface area contributed by atoms with Crippen molar-refractivity contribution in [2.75, 3.05) is 0 Å². The van der Waals surface area contributed by atoms with Gasteiger partial charge in [-0.1, -0.05) is 18.2 Å². The molecular formula is C16H16N4O2. The van der Waals surface area contributed by atoms with Crippen molar-refractivity contribution >= 4 is 22.5 Å². The number of aromatic nitrogens is 2. The first-order valence-electron chi connectivity index (χ1n) is 6.89. The summed E-state index contributed by atoms with van der Waals surface area (Å²) < 4.78 is 3.48. The Bertz CT molecular complexity index is 874. The van der Waals surface area contributed by atoms with E-state index in [4.69, 9.17) is 0 Å². The minimum atomic E-state index is -0.353. The molecule has 2 aromatic heterocycles. The lowest BCUT2D eigenvalue weighted by atomic mass is 10.2. The van der Waals surface area contributed by atoms with Crippen LogP contribution < -0.4 is 0 Å². The number of aryl methyl sites for hydroxylation is 2. The fourth-order valence-electron chi connectivity index (χ4n) is 2.43. The molecular weight excluding hydrogens is 280 g/mol. The van der Waals surface area contributed by atoms with Crippen molar-refractivity contribution in [1.29, 1.82) is 0 Å². The number of para-hydroxylation sites is 1. The highest BCUT2D eigenvalue weighted by Gasteiger charge is 2.14. The molecule has 1 N–H and O–H groups in total. The zero-order valence-corrected chi connectivity index (χ0v) is 12.4. The van der Waals surface area contributed by atoms with Gasteiger partial charge in [-0.3, -0.25) is 4.79 Å². The number of hydrogen-bond donors (Lipinski definition) is 1. The minimum Gasteiger partial charge on any atom is -0.493 e. The summed E-state index contributed by atoms with van der Waals surface area (Å²) in [6, 6.07) is 11.2. The van der Waals surface area contributed by atoms with Gasteiger partial charge >= 0.3 is 0 Å². The maximum absolute atomic E-state index is 11.9. The van der Waals surface area contributed by atoms with Gasteiger partial charge < -0.3 is 14.2 Å². The van der Waals surface area contributed by atoms with E-state index in [0.29, 0.717) is 5.69 Å². The maximum atomic E-state index is 11.9. The van der Waals surface area contributed by atoms with Crippen LogP contribution in [-0.2, 0) is 25.3 Å². The highest BCUT2D eigenvalue weighted by Crippen LogP contribution is 2.37. The number of aromatic hydroxyl groups is 1. The van der Waals surface area contributed by atoms with Gasteiger partial charge in [0.1, 0.15) is 0 Å². The number of hydrogen-bond acceptors (Lipinski definition) is 3. The highest BCUT2D eigenvalue weighted by molar-refractivity contribution is 5.95. The molecule has 112 valence electrons. The molecule has 3 aromatic rings. The molecule has 0 unspecified atom stereocenters. The third-order valence-corrected chi connectivity index (χ3v) is 3.70. The number of carbonyl (C=O) groups is 1. The molecule has 6 nitrogen and oxygen atoms in total. The molecule has 0 atom stereocenters. The number of benzene rings is 1. The summed E-state index contributed by atoms with van der Waals surface area (Å²) >= 11 is 0. The third kappa shape index (κ3) is 2.39. The number of rotatable bonds is 3. The molecule has 0 bridgehead atoms. The van der Waals surface area contributed by atoms with Gasteiger partial charge in [-0.15, -0.1) is 10.2 Å². The molecule has 0 aliphatic rings. The molecule has 1 amide bonds. The summed E-state index contributed by atoms with van der Waals surface area (Å²) in [5, 5.41) is 18.6. The zero-order chi connectivity index (χ0) is 15.7. The number of azo groups is 1. The molecule has 3 rings (SSSR count). The first-order chi connectivity index (χ1) is 10.6. The van der Waals surface area contributed by atoms with Crippen LogP contribution in [0, 0.1) is 0 Å². The molecule has 0 radical (unpaired) electrons. The predicted octanol–water partition coefficient (Wildman–Crippen LogP) is 3.08. The standard InChI is InChI=1S/C16H16N4O2/c1-19-9-5-6-11(19)10-14(21)17-18-15-12-7-3-4-8-13(12)20(2)16(15)22/h3-9,22H,10H2,1-2H3. The van der Waals surface area contributed by atoms with Crippen molar-refractivity contribution in [1.82, 2.24) is 9.13 Å². The number of fused-ring (bicyclic) bond motifs is 1. The quantitative estimate of drug-likeness (QED) is 0.754. The second kappa shape index (κ2) is 5.48. The summed E-state index contributed by atoms with van der Waals surface area (Å²) in [4.78, 5) is 11.9. The first-order valence-corrected chi connectivity index (χ1v) is 6.89. The lowest BCUT2D eigenvalue weighted by molar-refractivity contribution is -0.117. The Morgan fingerprint density at radius 3 is 2.68 bits per heavy atom. The number of nitrogens with zero attached hydrogens (tertiary/aromatic N) is 4. The zero-order valence-electron chi connectivity index (χ0n) is 12.4. The Hall–Kier alpha value is -2.89. The largest absolute Gasteiger partial charge is 0.493 e. The summed E-state index contributed by atoms with van der Waals surface area (Å²) in [6.45, 7) is 0. The summed E-state index contributed by atoms with van der Waals surface area (Å²) in [5.74, 6) is -0.356. The van der Waals surface area contributed by atoms with Gasteiger partial charge in [0.25, 0.3) is 5.91 Å². The number of carbonyl (C=O) groups excluding carboxylic acids is 1. The van der Waals surface area contributed by atoms with Gasteiger partial charge in [0.2, 0.25) is 5.88 Å². The molecule has 0 saturated carbocycles. The van der Waals surface area contributed by atoms with Crippen LogP contribution >= 0.6 is 0 Å². The second-order valence-corrected chi connectivity index (χ2v) is 5.13. The van der Waals surface area contributed by atoms with Gasteiger partial charge in [-0.25, -0.2) is 0 Å². The summed E-state index contributed by atoms with van der Waals surface area (Å²) in [5.41, 5.74) is 2.02. The van der Waals surface area contributed by atoms with E-state index < -0.39 is 0 Å². The molecule has 0 fully saturated rings. The first kappa shape index (κ1) is 14.1. The molecule has 22 heavy (non-hydrogen) atoms. The fraction of sp³-hybridized carbons (Fsp3) is 0.188. The Kier molecular flexibility index (Phi) is 3.50. The van der Waals surface area contributed by atoms with E-state index >= 15 is 0 Å². The topological polar surface area (TPSA) is 71.9 Å². The van der Waals surface area contributed by atoms with Crippen molar-refractivity contribution < 1.29 is 9.90 Å². The Labute approximate surface area is 127 Å². The van der Waals surface area contributed by atoms with Gasteiger partial charge in [0.15, 0.2) is 5.69 Å². The van der Waals surface area contributed by atoms with Crippen LogP contribution in [0.3, 0.4) is 0 Å². The average Bonchev–Trinajstić information content (AvgIpc) is 3.01. The second-order valence-electron chi connectivity index (χ2n) is 5.13. The van der Waals surface area contributed by atoms with E-state index in [1.165, 1.54) is 0 Å². The van der Waals surface area contributed by atoms with Crippen LogP contribution in [0.4, 0.5) is 5.69 Å². The van der Waals surface area contributed by atoms with E-state index in [9.17, 15) is 9.90 Å². The van der Waals surface area contributed by atoms with Gasteiger partial charge in [-0.05, 0) is 18.2 Å². The van der Waals surface area contributed by atoms with Gasteiger partial charge in [0, 0.05) is 31.4 Å². The van der Waals surface area contributed by atoms with Crippen LogP contribution in [0.1, 0.15) is 5.69 Å². The van der Waals surface area contributed by atoms with Crippen LogP contribution in [-0.4, -0.2) is 20.1 Å². The van der Waals surface area contributed by atoms with E-state index in [1.54, 1.807) is 11.6 Å². The molecule has 0 aliphatic carbocycles. The van der Waals surface area contributed by atoms with E-state index in [0.717, 1.165) is 16.6 Å². The third-order valence-electron chi connectivity index (χ3n) is 3.70. The van der Waals surface area contributed by atoms with Crippen molar-refractivity contribution in [2.45, 2.75) is 6.42 Å². The molecule has 6 heteroatoms. The van der Waals surface area contributed by atoms with Crippen LogP contribution in [0.2, 0.25) is 0 Å². The van der Waals surface area contributed by atoms with Crippen molar-refractivity contribution in [3.05, 3.63) is 48.3 Å². The lowest BCUT2D eigenvalue weighted by Crippen LogP contribution is -2.02. The van der Waals surface area contributed by atoms with Crippen LogP contribution in [0.5, 0.6) is 5.88 Å². The molecule has 0 spiro atoms. The van der Waals surface area contributed by atoms with Gasteiger partial charge in [0.05, 0.1) is 11.9 Å². The Morgan fingerprint density at radius 1 is 1.18 bits per heavy atom. The Balaban J connectivity index is 1.88. The monoisotopic (exact) mass is 296 g/mol. The maximum Gasteiger partial charge on any atom is 0.270 e. The predicted molar refractivity (Wildman–Crippen MR) is 83.2 cm³/mol. The summed E-state index contributed by atoms with van der Waals surface area (Å²) in [7, 11) is 3.61. The van der Waals surface area contributed by atoms with Gasteiger partial charge in [-0.2, -0.15) is 0 Å².